The van der Waals surface area contributed by atoms with Gasteiger partial charge in [-0.1, -0.05) is 0 Å². The molecule has 2 N–H and O–H groups in total. The molecule has 1 aromatic rings. The van der Waals surface area contributed by atoms with Crippen molar-refractivity contribution in [3.05, 3.63) is 12.4 Å². The maximum Gasteiger partial charge on any atom is 0.408 e. The van der Waals surface area contributed by atoms with Crippen LogP contribution in [0.2, 0.25) is 0 Å². The predicted octanol–water partition coefficient (Wildman–Crippen LogP) is 1.80. The second-order valence-corrected chi connectivity index (χ2v) is 7.89. The van der Waals surface area contributed by atoms with Crippen molar-refractivity contribution in [3.8, 4) is 5.75 Å². The first kappa shape index (κ1) is 16.1. The molecule has 4 rings (SSSR count). The van der Waals surface area contributed by atoms with Crippen LogP contribution in [-0.4, -0.2) is 44.8 Å². The molecule has 2 bridgehead atoms. The minimum atomic E-state index is -0.483. The highest BCUT2D eigenvalue weighted by atomic mass is 16.6. The van der Waals surface area contributed by atoms with Crippen molar-refractivity contribution >= 4 is 6.09 Å². The highest BCUT2D eigenvalue weighted by molar-refractivity contribution is 5.70. The molecule has 0 aromatic carbocycles. The van der Waals surface area contributed by atoms with Crippen LogP contribution in [0.3, 0.4) is 0 Å². The normalized spacial score (nSPS) is 30.0. The summed E-state index contributed by atoms with van der Waals surface area (Å²) in [5, 5.41) is 16.4. The van der Waals surface area contributed by atoms with Gasteiger partial charge in [0, 0.05) is 0 Å². The van der Waals surface area contributed by atoms with Gasteiger partial charge in [-0.25, -0.2) is 4.79 Å². The molecule has 23 heavy (non-hydrogen) atoms. The average molecular weight is 323 g/mol. The summed E-state index contributed by atoms with van der Waals surface area (Å²) in [5.41, 5.74) is -0.643. The van der Waals surface area contributed by atoms with Gasteiger partial charge in [-0.05, 0) is 47.0 Å². The van der Waals surface area contributed by atoms with Gasteiger partial charge in [-0.3, -0.25) is 4.68 Å². The maximum atomic E-state index is 11.9. The summed E-state index contributed by atoms with van der Waals surface area (Å²) in [5.74, 6) is 0.658. The van der Waals surface area contributed by atoms with Gasteiger partial charge in [0.05, 0.1) is 30.1 Å². The third-order valence-corrected chi connectivity index (χ3v) is 4.41. The van der Waals surface area contributed by atoms with Gasteiger partial charge in [-0.2, -0.15) is 5.10 Å². The third kappa shape index (κ3) is 3.02. The van der Waals surface area contributed by atoms with E-state index < -0.39 is 5.60 Å². The Morgan fingerprint density at radius 3 is 2.70 bits per heavy atom. The molecule has 7 heteroatoms. The Bertz CT molecular complexity index is 585. The summed E-state index contributed by atoms with van der Waals surface area (Å²) in [6, 6.07) is 0. The van der Waals surface area contributed by atoms with Crippen LogP contribution >= 0.6 is 0 Å². The van der Waals surface area contributed by atoms with Crippen LogP contribution in [0.25, 0.3) is 0 Å². The topological polar surface area (TPSA) is 85.6 Å². The molecule has 128 valence electrons. The molecule has 3 aliphatic carbocycles. The number of alkyl carbamates (subject to hydrolysis) is 1. The van der Waals surface area contributed by atoms with E-state index in [1.165, 1.54) is 0 Å². The van der Waals surface area contributed by atoms with Crippen molar-refractivity contribution in [2.45, 2.75) is 69.7 Å². The van der Waals surface area contributed by atoms with Crippen LogP contribution in [0.15, 0.2) is 12.4 Å². The molecule has 3 aliphatic rings. The fourth-order valence-corrected chi connectivity index (χ4v) is 3.53. The lowest BCUT2D eigenvalue weighted by atomic mass is 9.44. The molecule has 0 saturated heterocycles. The molecule has 1 aromatic heterocycles. The summed E-state index contributed by atoms with van der Waals surface area (Å²) in [6.45, 7) is 7.34. The minimum absolute atomic E-state index is 0.0148. The Balaban J connectivity index is 1.54. The van der Waals surface area contributed by atoms with E-state index in [9.17, 15) is 4.79 Å². The van der Waals surface area contributed by atoms with Crippen molar-refractivity contribution in [1.82, 2.24) is 15.1 Å². The Hall–Kier alpha value is -1.76. The van der Waals surface area contributed by atoms with Crippen LogP contribution in [0.5, 0.6) is 5.75 Å². The van der Waals surface area contributed by atoms with Crippen LogP contribution in [0.1, 0.15) is 47.0 Å². The van der Waals surface area contributed by atoms with E-state index in [0.29, 0.717) is 5.75 Å². The van der Waals surface area contributed by atoms with Gasteiger partial charge in [0.2, 0.25) is 0 Å². The zero-order valence-corrected chi connectivity index (χ0v) is 14.1. The number of aliphatic hydroxyl groups excluding tert-OH is 1. The average Bonchev–Trinajstić information content (AvgIpc) is 2.77. The largest absolute Gasteiger partial charge is 0.485 e. The van der Waals surface area contributed by atoms with E-state index in [-0.39, 0.29) is 29.9 Å². The Morgan fingerprint density at radius 1 is 1.48 bits per heavy atom. The van der Waals surface area contributed by atoms with Gasteiger partial charge in [0.1, 0.15) is 11.7 Å². The molecule has 0 spiro atoms. The number of aliphatic hydroxyl groups is 1. The first-order chi connectivity index (χ1) is 10.7. The van der Waals surface area contributed by atoms with Crippen LogP contribution in [0.4, 0.5) is 4.79 Å². The number of rotatable bonds is 5. The summed E-state index contributed by atoms with van der Waals surface area (Å²) in [6.07, 6.45) is 5.50. The van der Waals surface area contributed by atoms with Crippen LogP contribution in [-0.2, 0) is 10.3 Å². The monoisotopic (exact) mass is 323 g/mol. The van der Waals surface area contributed by atoms with E-state index in [1.807, 2.05) is 31.6 Å². The smallest absolute Gasteiger partial charge is 0.408 e. The van der Waals surface area contributed by atoms with Gasteiger partial charge in [-0.15, -0.1) is 0 Å². The van der Waals surface area contributed by atoms with Gasteiger partial charge in [0.15, 0.2) is 5.75 Å². The summed E-state index contributed by atoms with van der Waals surface area (Å²) >= 11 is 0. The number of hydrogen-bond acceptors (Lipinski definition) is 5. The highest BCUT2D eigenvalue weighted by Gasteiger charge is 2.70. The van der Waals surface area contributed by atoms with E-state index in [2.05, 4.69) is 10.4 Å². The number of nitrogens with one attached hydrogen (secondary N) is 1. The molecular formula is C16H25N3O4. The number of carbonyl (C=O) groups excluding carboxylic acids is 1. The highest BCUT2D eigenvalue weighted by Crippen LogP contribution is 2.65. The molecule has 0 radical (unpaired) electrons. The van der Waals surface area contributed by atoms with Gasteiger partial charge >= 0.3 is 6.09 Å². The van der Waals surface area contributed by atoms with Gasteiger partial charge in [0.25, 0.3) is 0 Å². The van der Waals surface area contributed by atoms with E-state index >= 15 is 0 Å². The summed E-state index contributed by atoms with van der Waals surface area (Å²) in [4.78, 5) is 11.9. The first-order valence-electron chi connectivity index (χ1n) is 7.99. The van der Waals surface area contributed by atoms with Crippen molar-refractivity contribution in [1.29, 1.82) is 0 Å². The third-order valence-electron chi connectivity index (χ3n) is 4.41. The number of aromatic nitrogens is 2. The number of carbonyl (C=O) groups is 1. The number of ether oxygens (including phenoxy) is 2. The lowest BCUT2D eigenvalue weighted by Crippen LogP contribution is -2.79. The molecule has 3 saturated carbocycles. The second-order valence-electron chi connectivity index (χ2n) is 7.89. The zero-order valence-electron chi connectivity index (χ0n) is 14.1. The van der Waals surface area contributed by atoms with E-state index in [1.54, 1.807) is 13.1 Å². The van der Waals surface area contributed by atoms with Crippen molar-refractivity contribution in [2.24, 2.45) is 0 Å². The lowest BCUT2D eigenvalue weighted by molar-refractivity contribution is -0.143. The summed E-state index contributed by atoms with van der Waals surface area (Å²) < 4.78 is 12.8. The van der Waals surface area contributed by atoms with Crippen molar-refractivity contribution in [2.75, 3.05) is 6.61 Å². The fraction of sp³-hybridized carbons (Fsp3) is 0.750. The SMILES string of the molecule is C[C@@H](CO)Oc1cnn(C23CC(NC(=O)OC(C)(C)C)(C2)C3)c1. The predicted molar refractivity (Wildman–Crippen MR) is 83.3 cm³/mol. The van der Waals surface area contributed by atoms with Crippen LogP contribution < -0.4 is 10.1 Å². The molecule has 1 amide bonds. The molecule has 1 atom stereocenters. The van der Waals surface area contributed by atoms with E-state index in [0.717, 1.165) is 19.3 Å². The standard InChI is InChI=1S/C16H25N3O4/c1-11(7-20)22-12-5-17-19(6-12)16-8-15(9-16,10-16)18-13(21)23-14(2,3)4/h5-6,11,20H,7-10H2,1-4H3,(H,18,21)/t11-,15?,16?/m0/s1. The molecule has 0 unspecified atom stereocenters. The second kappa shape index (κ2) is 5.12. The number of nitrogens with zero attached hydrogens (tertiary/aromatic N) is 2. The van der Waals surface area contributed by atoms with Crippen molar-refractivity contribution in [3.63, 3.8) is 0 Å². The van der Waals surface area contributed by atoms with E-state index in [4.69, 9.17) is 14.6 Å². The molecule has 7 nitrogen and oxygen atoms in total. The first-order valence-corrected chi connectivity index (χ1v) is 7.99. The number of hydrogen-bond donors (Lipinski definition) is 2. The molecule has 3 fully saturated rings. The Kier molecular flexibility index (Phi) is 3.59. The summed E-state index contributed by atoms with van der Waals surface area (Å²) in [7, 11) is 0. The zero-order chi connectivity index (χ0) is 16.9. The maximum absolute atomic E-state index is 11.9. The Labute approximate surface area is 136 Å². The Morgan fingerprint density at radius 2 is 2.13 bits per heavy atom. The van der Waals surface area contributed by atoms with Crippen molar-refractivity contribution < 1.29 is 19.4 Å². The van der Waals surface area contributed by atoms with Gasteiger partial charge < -0.3 is 19.9 Å². The minimum Gasteiger partial charge on any atom is -0.485 e. The quantitative estimate of drug-likeness (QED) is 0.863. The number of amides is 1. The molecule has 1 heterocycles. The fourth-order valence-electron chi connectivity index (χ4n) is 3.53. The lowest BCUT2D eigenvalue weighted by Gasteiger charge is -2.69. The molecule has 0 aliphatic heterocycles. The molecular weight excluding hydrogens is 298 g/mol. The van der Waals surface area contributed by atoms with Crippen LogP contribution in [0, 0.1) is 0 Å².